The molecule has 0 amide bonds. The summed E-state index contributed by atoms with van der Waals surface area (Å²) in [6.07, 6.45) is 38.2. The first-order valence-corrected chi connectivity index (χ1v) is 28.8. The van der Waals surface area contributed by atoms with E-state index in [-0.39, 0.29) is 0 Å². The van der Waals surface area contributed by atoms with Crippen LogP contribution < -0.4 is 9.80 Å². The second-order valence-corrected chi connectivity index (χ2v) is 21.0. The molecule has 0 unspecified atom stereocenters. The Kier molecular flexibility index (Phi) is 19.4. The predicted molar refractivity (Wildman–Crippen MR) is 368 cm³/mol. The lowest BCUT2D eigenvalue weighted by molar-refractivity contribution is 1.24. The molecule has 0 saturated carbocycles. The third-order valence-corrected chi connectivity index (χ3v) is 14.5. The molecule has 0 saturated heterocycles. The Morgan fingerprint density at radius 2 is 0.417 bits per heavy atom. The highest BCUT2D eigenvalue weighted by atomic mass is 15.1. The lowest BCUT2D eigenvalue weighted by atomic mass is 10.1. The maximum absolute atomic E-state index is 2.35. The highest BCUT2D eigenvalue weighted by Gasteiger charge is 2.16. The van der Waals surface area contributed by atoms with Crippen molar-refractivity contribution in [2.75, 3.05) is 9.80 Å². The molecule has 10 aromatic carbocycles. The molecule has 0 N–H and O–H groups in total. The first kappa shape index (κ1) is 56.7. The summed E-state index contributed by atoms with van der Waals surface area (Å²) >= 11 is 0. The summed E-state index contributed by atoms with van der Waals surface area (Å²) in [6, 6.07) is 86.5. The van der Waals surface area contributed by atoms with Gasteiger partial charge in [-0.25, -0.2) is 0 Å². The second-order valence-electron chi connectivity index (χ2n) is 21.0. The SMILES string of the molecule is Cc1ccc(N(c2ccc(/C=C/C=C/C=C/c3ccc(N(c4ccc(/C=C/c5ccc(/C=C/C=C/c6ccccc6)cc5)cc4)c4ccc(C)cc4C)cc3)cc2)c2ccc(/C=C/c3ccc(/C=C/C=C/c4ccccc4)cc3)cc2)c(C)c1. The fourth-order valence-corrected chi connectivity index (χ4v) is 9.98. The Labute approximate surface area is 498 Å². The van der Waals surface area contributed by atoms with Crippen molar-refractivity contribution in [1.82, 2.24) is 0 Å². The number of hydrogen-bond acceptors (Lipinski definition) is 2. The van der Waals surface area contributed by atoms with Crippen LogP contribution in [0.25, 0.3) is 60.8 Å². The van der Waals surface area contributed by atoms with Crippen LogP contribution in [0, 0.1) is 27.7 Å². The zero-order valence-corrected chi connectivity index (χ0v) is 48.4. The van der Waals surface area contributed by atoms with Gasteiger partial charge in [0.1, 0.15) is 0 Å². The molecule has 2 nitrogen and oxygen atoms in total. The standard InChI is InChI=1S/C82H70N2/c1-63-29-59-81(65(3)61-63)83(79-55-47-75(48-56-79)41-39-73-35-31-69(32-36-73)27-17-15-25-67-19-11-7-12-20-67)77-51-43-71(44-52-77)23-9-5-6-10-24-72-45-53-78(54-46-72)84(82-60-30-64(2)62-66(82)4)80-57-49-76(50-58-80)42-40-74-37-33-70(34-38-74)28-18-16-26-68-21-13-8-14-22-68/h5-62H,1-4H3/b6-5+,23-9+,24-10+,25-15+,26-16+,27-17+,28-18+,41-39+,42-40+. The minimum atomic E-state index is 1.10. The Balaban J connectivity index is 0.754. The van der Waals surface area contributed by atoms with Crippen molar-refractivity contribution in [3.63, 3.8) is 0 Å². The molecular weight excluding hydrogens is 1010 g/mol. The molecule has 0 heterocycles. The van der Waals surface area contributed by atoms with Crippen molar-refractivity contribution in [3.8, 4) is 0 Å². The minimum absolute atomic E-state index is 1.10. The first-order chi connectivity index (χ1) is 41.3. The molecular formula is C82H70N2. The average molecular weight is 1080 g/mol. The molecule has 408 valence electrons. The van der Waals surface area contributed by atoms with Gasteiger partial charge >= 0.3 is 0 Å². The molecule has 0 aliphatic heterocycles. The molecule has 0 atom stereocenters. The number of hydrogen-bond donors (Lipinski definition) is 0. The zero-order chi connectivity index (χ0) is 57.7. The highest BCUT2D eigenvalue weighted by Crippen LogP contribution is 2.39. The van der Waals surface area contributed by atoms with Crippen molar-refractivity contribution >= 4 is 94.9 Å². The van der Waals surface area contributed by atoms with E-state index in [0.717, 1.165) is 67.5 Å². The Morgan fingerprint density at radius 1 is 0.202 bits per heavy atom. The van der Waals surface area contributed by atoms with Gasteiger partial charge in [-0.05, 0) is 155 Å². The Morgan fingerprint density at radius 3 is 0.667 bits per heavy atom. The molecule has 0 bridgehead atoms. The third-order valence-electron chi connectivity index (χ3n) is 14.5. The number of rotatable bonds is 20. The van der Waals surface area contributed by atoms with Gasteiger partial charge in [-0.15, -0.1) is 0 Å². The summed E-state index contributed by atoms with van der Waals surface area (Å²) in [5.74, 6) is 0. The van der Waals surface area contributed by atoms with E-state index in [0.29, 0.717) is 0 Å². The second kappa shape index (κ2) is 28.7. The summed E-state index contributed by atoms with van der Waals surface area (Å²) < 4.78 is 0. The molecule has 0 spiro atoms. The molecule has 2 heteroatoms. The summed E-state index contributed by atoms with van der Waals surface area (Å²) in [7, 11) is 0. The predicted octanol–water partition coefficient (Wildman–Crippen LogP) is 22.9. The van der Waals surface area contributed by atoms with Crippen molar-refractivity contribution in [3.05, 3.63) is 369 Å². The highest BCUT2D eigenvalue weighted by molar-refractivity contribution is 5.82. The summed E-state index contributed by atoms with van der Waals surface area (Å²) in [6.45, 7) is 8.68. The van der Waals surface area contributed by atoms with Crippen LogP contribution in [0.15, 0.2) is 291 Å². The van der Waals surface area contributed by atoms with Crippen LogP contribution in [0.5, 0.6) is 0 Å². The van der Waals surface area contributed by atoms with E-state index in [1.165, 1.54) is 44.5 Å². The van der Waals surface area contributed by atoms with Crippen LogP contribution in [0.2, 0.25) is 0 Å². The van der Waals surface area contributed by atoms with Crippen molar-refractivity contribution in [1.29, 1.82) is 0 Å². The minimum Gasteiger partial charge on any atom is -0.310 e. The number of allylic oxidation sites excluding steroid dienone is 8. The van der Waals surface area contributed by atoms with Crippen LogP contribution in [0.4, 0.5) is 34.1 Å². The van der Waals surface area contributed by atoms with Gasteiger partial charge in [-0.1, -0.05) is 302 Å². The summed E-state index contributed by atoms with van der Waals surface area (Å²) in [5.41, 5.74) is 23.3. The van der Waals surface area contributed by atoms with Crippen LogP contribution >= 0.6 is 0 Å². The van der Waals surface area contributed by atoms with Crippen LogP contribution in [-0.4, -0.2) is 0 Å². The van der Waals surface area contributed by atoms with Crippen molar-refractivity contribution < 1.29 is 0 Å². The van der Waals surface area contributed by atoms with Crippen molar-refractivity contribution in [2.24, 2.45) is 0 Å². The maximum Gasteiger partial charge on any atom is 0.0490 e. The topological polar surface area (TPSA) is 6.48 Å². The third kappa shape index (κ3) is 16.1. The summed E-state index contributed by atoms with van der Waals surface area (Å²) in [4.78, 5) is 4.69. The largest absolute Gasteiger partial charge is 0.310 e. The fraction of sp³-hybridized carbons (Fsp3) is 0.0488. The van der Waals surface area contributed by atoms with Crippen LogP contribution in [-0.2, 0) is 0 Å². The van der Waals surface area contributed by atoms with Crippen LogP contribution in [0.3, 0.4) is 0 Å². The van der Waals surface area contributed by atoms with E-state index < -0.39 is 0 Å². The van der Waals surface area contributed by atoms with Crippen molar-refractivity contribution in [2.45, 2.75) is 27.7 Å². The van der Waals surface area contributed by atoms with E-state index in [9.17, 15) is 0 Å². The van der Waals surface area contributed by atoms with E-state index in [2.05, 4.69) is 377 Å². The van der Waals surface area contributed by atoms with E-state index in [1.807, 2.05) is 12.1 Å². The molecule has 0 fully saturated rings. The lowest BCUT2D eigenvalue weighted by Gasteiger charge is -2.27. The number of benzene rings is 10. The van der Waals surface area contributed by atoms with Gasteiger partial charge in [0.05, 0.1) is 0 Å². The van der Waals surface area contributed by atoms with Gasteiger partial charge in [-0.2, -0.15) is 0 Å². The average Bonchev–Trinajstić information content (AvgIpc) is 3.72. The molecule has 0 aromatic heterocycles. The van der Waals surface area contributed by atoms with E-state index >= 15 is 0 Å². The number of nitrogens with zero attached hydrogens (tertiary/aromatic N) is 2. The normalized spacial score (nSPS) is 12.1. The van der Waals surface area contributed by atoms with Gasteiger partial charge < -0.3 is 9.80 Å². The van der Waals surface area contributed by atoms with Gasteiger partial charge in [0, 0.05) is 34.1 Å². The van der Waals surface area contributed by atoms with E-state index in [4.69, 9.17) is 0 Å². The lowest BCUT2D eigenvalue weighted by Crippen LogP contribution is -2.11. The fourth-order valence-electron chi connectivity index (χ4n) is 9.98. The molecule has 10 aromatic rings. The maximum atomic E-state index is 2.35. The number of aryl methyl sites for hydroxylation is 4. The molecule has 10 rings (SSSR count). The Bertz CT molecular complexity index is 3750. The molecule has 0 aliphatic rings. The van der Waals surface area contributed by atoms with Gasteiger partial charge in [0.25, 0.3) is 0 Å². The molecule has 0 radical (unpaired) electrons. The number of anilines is 6. The zero-order valence-electron chi connectivity index (χ0n) is 48.4. The first-order valence-electron chi connectivity index (χ1n) is 28.8. The Hall–Kier alpha value is -10.5. The summed E-state index contributed by atoms with van der Waals surface area (Å²) in [5, 5.41) is 0. The molecule has 84 heavy (non-hydrogen) atoms. The molecule has 0 aliphatic carbocycles. The smallest absolute Gasteiger partial charge is 0.0490 e. The monoisotopic (exact) mass is 1080 g/mol. The van der Waals surface area contributed by atoms with E-state index in [1.54, 1.807) is 0 Å². The van der Waals surface area contributed by atoms with Gasteiger partial charge in [0.2, 0.25) is 0 Å². The van der Waals surface area contributed by atoms with Crippen LogP contribution in [0.1, 0.15) is 77.9 Å². The van der Waals surface area contributed by atoms with Gasteiger partial charge in [0.15, 0.2) is 0 Å². The van der Waals surface area contributed by atoms with Gasteiger partial charge in [-0.3, -0.25) is 0 Å². The quantitative estimate of drug-likeness (QED) is 0.0554.